The van der Waals surface area contributed by atoms with E-state index in [9.17, 15) is 14.9 Å². The standard InChI is InChI=1S/C28H35N3O3S2/c1-4-34-27(33)24-16(2)30-26(21(14-29)25(24)22-6-5-7-35-22)36-15-23(32)31-17(3)28-11-18-8-19(12-28)10-20(9-18)13-28/h5-7,17-20,25,30H,4,8-13,15H2,1-3H3,(H,31,32)/t17-,18?,19?,20?,25+,28?/m0/s1. The van der Waals surface area contributed by atoms with Gasteiger partial charge in [-0.3, -0.25) is 4.79 Å². The number of thioether (sulfide) groups is 1. The normalized spacial score (nSPS) is 31.6. The minimum atomic E-state index is -0.494. The van der Waals surface area contributed by atoms with Crippen LogP contribution in [0.3, 0.4) is 0 Å². The number of nitrogens with one attached hydrogen (secondary N) is 2. The Morgan fingerprint density at radius 3 is 2.50 bits per heavy atom. The minimum Gasteiger partial charge on any atom is -0.463 e. The van der Waals surface area contributed by atoms with Gasteiger partial charge in [-0.15, -0.1) is 11.3 Å². The van der Waals surface area contributed by atoms with Crippen molar-refractivity contribution in [1.29, 1.82) is 5.26 Å². The SMILES string of the molecule is CCOC(=O)C1=C(C)NC(SCC(=O)N[C@@H](C)C23CC4CC(CC(C4)C2)C3)=C(C#N)[C@@H]1c1cccs1. The highest BCUT2D eigenvalue weighted by atomic mass is 32.2. The maximum atomic E-state index is 13.1. The largest absolute Gasteiger partial charge is 0.463 e. The average molecular weight is 526 g/mol. The number of ether oxygens (including phenoxy) is 1. The van der Waals surface area contributed by atoms with Crippen LogP contribution in [0, 0.1) is 34.5 Å². The molecule has 36 heavy (non-hydrogen) atoms. The zero-order valence-electron chi connectivity index (χ0n) is 21.3. The van der Waals surface area contributed by atoms with Crippen LogP contribution >= 0.6 is 23.1 Å². The summed E-state index contributed by atoms with van der Waals surface area (Å²) in [5.74, 6) is 1.85. The number of rotatable bonds is 8. The van der Waals surface area contributed by atoms with E-state index in [-0.39, 0.29) is 29.7 Å². The lowest BCUT2D eigenvalue weighted by Crippen LogP contribution is -2.56. The Kier molecular flexibility index (Phi) is 7.24. The number of amides is 1. The van der Waals surface area contributed by atoms with Gasteiger partial charge in [0.15, 0.2) is 0 Å². The van der Waals surface area contributed by atoms with E-state index in [0.717, 1.165) is 22.6 Å². The van der Waals surface area contributed by atoms with E-state index in [1.165, 1.54) is 61.6 Å². The molecule has 192 valence electrons. The van der Waals surface area contributed by atoms with Crippen LogP contribution in [0.2, 0.25) is 0 Å². The van der Waals surface area contributed by atoms with Crippen molar-refractivity contribution in [3.8, 4) is 6.07 Å². The van der Waals surface area contributed by atoms with Gasteiger partial charge in [0, 0.05) is 16.6 Å². The number of nitriles is 1. The summed E-state index contributed by atoms with van der Waals surface area (Å²) in [5.41, 5.74) is 1.83. The smallest absolute Gasteiger partial charge is 0.336 e. The summed E-state index contributed by atoms with van der Waals surface area (Å²) in [6.07, 6.45) is 7.92. The highest BCUT2D eigenvalue weighted by Gasteiger charge is 2.53. The molecule has 4 bridgehead atoms. The lowest BCUT2D eigenvalue weighted by Gasteiger charge is -2.59. The second-order valence-electron chi connectivity index (χ2n) is 11.0. The number of thiophene rings is 1. The third-order valence-electron chi connectivity index (χ3n) is 8.70. The van der Waals surface area contributed by atoms with Crippen LogP contribution in [0.5, 0.6) is 0 Å². The van der Waals surface area contributed by atoms with Gasteiger partial charge in [-0.2, -0.15) is 5.26 Å². The van der Waals surface area contributed by atoms with Gasteiger partial charge in [0.05, 0.1) is 40.5 Å². The summed E-state index contributed by atoms with van der Waals surface area (Å²) in [5, 5.41) is 19.3. The van der Waals surface area contributed by atoms with Crippen molar-refractivity contribution in [1.82, 2.24) is 10.6 Å². The van der Waals surface area contributed by atoms with E-state index in [2.05, 4.69) is 23.6 Å². The number of dihydropyridines is 1. The average Bonchev–Trinajstić information content (AvgIpc) is 3.36. The maximum Gasteiger partial charge on any atom is 0.336 e. The van der Waals surface area contributed by atoms with Gasteiger partial charge in [-0.05, 0) is 93.9 Å². The molecule has 2 N–H and O–H groups in total. The zero-order valence-corrected chi connectivity index (χ0v) is 22.9. The molecule has 6 rings (SSSR count). The fraction of sp³-hybridized carbons (Fsp3) is 0.607. The number of esters is 1. The molecule has 1 aromatic heterocycles. The van der Waals surface area contributed by atoms with Crippen molar-refractivity contribution in [2.75, 3.05) is 12.4 Å². The van der Waals surface area contributed by atoms with Gasteiger partial charge < -0.3 is 15.4 Å². The van der Waals surface area contributed by atoms with E-state index in [0.29, 0.717) is 21.9 Å². The Bertz CT molecular complexity index is 1100. The summed E-state index contributed by atoms with van der Waals surface area (Å²) in [6, 6.07) is 6.34. The minimum absolute atomic E-state index is 0.000307. The zero-order chi connectivity index (χ0) is 25.4. The van der Waals surface area contributed by atoms with Crippen LogP contribution in [-0.4, -0.2) is 30.3 Å². The van der Waals surface area contributed by atoms with Crippen LogP contribution < -0.4 is 10.6 Å². The van der Waals surface area contributed by atoms with E-state index in [4.69, 9.17) is 4.74 Å². The molecule has 0 radical (unpaired) electrons. The molecular formula is C28H35N3O3S2. The molecule has 0 aromatic carbocycles. The van der Waals surface area contributed by atoms with Crippen molar-refractivity contribution >= 4 is 35.0 Å². The predicted molar refractivity (Wildman–Crippen MR) is 143 cm³/mol. The quantitative estimate of drug-likeness (QED) is 0.438. The maximum absolute atomic E-state index is 13.1. The molecule has 6 nitrogen and oxygen atoms in total. The van der Waals surface area contributed by atoms with E-state index >= 15 is 0 Å². The van der Waals surface area contributed by atoms with E-state index < -0.39 is 11.9 Å². The van der Waals surface area contributed by atoms with E-state index in [1.54, 1.807) is 6.92 Å². The first-order valence-corrected chi connectivity index (χ1v) is 14.9. The topological polar surface area (TPSA) is 91.2 Å². The van der Waals surface area contributed by atoms with Crippen LogP contribution in [0.25, 0.3) is 0 Å². The Morgan fingerprint density at radius 1 is 1.28 bits per heavy atom. The molecule has 1 aliphatic heterocycles. The summed E-state index contributed by atoms with van der Waals surface area (Å²) in [4.78, 5) is 26.8. The molecule has 2 atom stereocenters. The molecule has 4 aliphatic carbocycles. The molecule has 5 aliphatic rings. The fourth-order valence-corrected chi connectivity index (χ4v) is 9.27. The molecule has 1 aromatic rings. The fourth-order valence-electron chi connectivity index (χ4n) is 7.53. The lowest BCUT2D eigenvalue weighted by molar-refractivity contribution is -0.138. The molecule has 2 heterocycles. The Hall–Kier alpha value is -2.24. The third kappa shape index (κ3) is 4.72. The monoisotopic (exact) mass is 525 g/mol. The van der Waals surface area contributed by atoms with Gasteiger partial charge in [0.2, 0.25) is 5.91 Å². The number of hydrogen-bond acceptors (Lipinski definition) is 7. The van der Waals surface area contributed by atoms with Crippen molar-refractivity contribution < 1.29 is 14.3 Å². The van der Waals surface area contributed by atoms with Gasteiger partial charge in [0.25, 0.3) is 0 Å². The number of nitrogens with zero attached hydrogens (tertiary/aromatic N) is 1. The molecule has 4 fully saturated rings. The second kappa shape index (κ2) is 10.3. The Balaban J connectivity index is 1.29. The highest BCUT2D eigenvalue weighted by Crippen LogP contribution is 2.61. The van der Waals surface area contributed by atoms with Crippen LogP contribution in [0.15, 0.2) is 39.4 Å². The molecule has 1 amide bonds. The Morgan fingerprint density at radius 2 is 1.94 bits per heavy atom. The van der Waals surface area contributed by atoms with E-state index in [1.807, 2.05) is 24.4 Å². The molecule has 0 unspecified atom stereocenters. The predicted octanol–water partition coefficient (Wildman–Crippen LogP) is 5.46. The number of allylic oxidation sites excluding steroid dienone is 2. The van der Waals surface area contributed by atoms with Gasteiger partial charge >= 0.3 is 5.97 Å². The lowest BCUT2D eigenvalue weighted by atomic mass is 9.48. The summed E-state index contributed by atoms with van der Waals surface area (Å²) in [7, 11) is 0. The number of carbonyl (C=O) groups is 2. The highest BCUT2D eigenvalue weighted by molar-refractivity contribution is 8.03. The van der Waals surface area contributed by atoms with Crippen LogP contribution in [0.4, 0.5) is 0 Å². The summed E-state index contributed by atoms with van der Waals surface area (Å²) >= 11 is 2.85. The van der Waals surface area contributed by atoms with Crippen molar-refractivity contribution in [2.45, 2.75) is 71.3 Å². The van der Waals surface area contributed by atoms with Gasteiger partial charge in [-0.1, -0.05) is 17.8 Å². The van der Waals surface area contributed by atoms with Crippen LogP contribution in [0.1, 0.15) is 70.1 Å². The first kappa shape index (κ1) is 25.4. The van der Waals surface area contributed by atoms with Crippen molar-refractivity contribution in [3.63, 3.8) is 0 Å². The first-order valence-electron chi connectivity index (χ1n) is 13.1. The molecular weight excluding hydrogens is 490 g/mol. The summed E-state index contributed by atoms with van der Waals surface area (Å²) in [6.45, 7) is 6.06. The molecule has 4 saturated carbocycles. The van der Waals surface area contributed by atoms with Crippen molar-refractivity contribution in [2.24, 2.45) is 23.2 Å². The molecule has 8 heteroatoms. The van der Waals surface area contributed by atoms with Crippen molar-refractivity contribution in [3.05, 3.63) is 44.3 Å². The number of hydrogen-bond donors (Lipinski definition) is 2. The van der Waals surface area contributed by atoms with Gasteiger partial charge in [0.1, 0.15) is 0 Å². The summed E-state index contributed by atoms with van der Waals surface area (Å²) < 4.78 is 5.32. The Labute approximate surface area is 221 Å². The van der Waals surface area contributed by atoms with Gasteiger partial charge in [-0.25, -0.2) is 4.79 Å². The third-order valence-corrected chi connectivity index (χ3v) is 10.7. The molecule has 0 spiro atoms. The first-order chi connectivity index (χ1) is 17.3. The van der Waals surface area contributed by atoms with Crippen LogP contribution in [-0.2, 0) is 14.3 Å². The number of carbonyl (C=O) groups excluding carboxylic acids is 2. The molecule has 0 saturated heterocycles. The second-order valence-corrected chi connectivity index (χ2v) is 13.0.